The van der Waals surface area contributed by atoms with Crippen LogP contribution in [-0.4, -0.2) is 31.3 Å². The van der Waals surface area contributed by atoms with E-state index < -0.39 is 0 Å². The number of nitrogens with one attached hydrogen (secondary N) is 3. The van der Waals surface area contributed by atoms with Crippen LogP contribution >= 0.6 is 0 Å². The van der Waals surface area contributed by atoms with E-state index in [9.17, 15) is 4.79 Å². The Kier molecular flexibility index (Phi) is 4.12. The van der Waals surface area contributed by atoms with Crippen molar-refractivity contribution >= 4 is 22.5 Å². The lowest BCUT2D eigenvalue weighted by atomic mass is 10.0. The van der Waals surface area contributed by atoms with E-state index in [1.165, 1.54) is 6.33 Å². The fourth-order valence-electron chi connectivity index (χ4n) is 3.90. The topological polar surface area (TPSA) is 99.3 Å². The number of amides is 1. The number of carbonyl (C=O) groups is 1. The van der Waals surface area contributed by atoms with Crippen LogP contribution in [0.1, 0.15) is 25.7 Å². The van der Waals surface area contributed by atoms with Crippen molar-refractivity contribution < 1.29 is 4.79 Å². The number of H-pyrrole nitrogens is 2. The van der Waals surface area contributed by atoms with Crippen LogP contribution in [0.5, 0.6) is 0 Å². The highest BCUT2D eigenvalue weighted by Crippen LogP contribution is 2.31. The summed E-state index contributed by atoms with van der Waals surface area (Å²) in [5, 5.41) is 18.5. The quantitative estimate of drug-likeness (QED) is 0.501. The molecule has 0 bridgehead atoms. The Balaban J connectivity index is 1.48. The van der Waals surface area contributed by atoms with Crippen LogP contribution in [0.15, 0.2) is 48.8 Å². The van der Waals surface area contributed by atoms with Crippen molar-refractivity contribution in [2.24, 2.45) is 5.92 Å². The number of hydrogen-bond donors (Lipinski definition) is 3. The molecule has 7 heteroatoms. The maximum absolute atomic E-state index is 12.5. The summed E-state index contributed by atoms with van der Waals surface area (Å²) in [6, 6.07) is 13.8. The summed E-state index contributed by atoms with van der Waals surface area (Å²) < 4.78 is 0. The summed E-state index contributed by atoms with van der Waals surface area (Å²) in [5.41, 5.74) is 4.48. The number of hydrogen-bond acceptors (Lipinski definition) is 4. The Labute approximate surface area is 161 Å². The van der Waals surface area contributed by atoms with Crippen LogP contribution in [0.2, 0.25) is 0 Å². The Morgan fingerprint density at radius 1 is 1.04 bits per heavy atom. The molecule has 7 nitrogen and oxygen atoms in total. The molecule has 2 aromatic carbocycles. The van der Waals surface area contributed by atoms with Gasteiger partial charge in [0.15, 0.2) is 5.82 Å². The molecule has 0 saturated heterocycles. The predicted octanol–water partition coefficient (Wildman–Crippen LogP) is 4.14. The van der Waals surface area contributed by atoms with Crippen molar-refractivity contribution in [1.82, 2.24) is 25.4 Å². The van der Waals surface area contributed by atoms with Gasteiger partial charge in [0.1, 0.15) is 6.33 Å². The number of nitrogens with zero attached hydrogens (tertiary/aromatic N) is 3. The summed E-state index contributed by atoms with van der Waals surface area (Å²) >= 11 is 0. The summed E-state index contributed by atoms with van der Waals surface area (Å²) in [4.78, 5) is 16.7. The molecule has 1 saturated carbocycles. The van der Waals surface area contributed by atoms with Gasteiger partial charge in [-0.15, -0.1) is 0 Å². The highest BCUT2D eigenvalue weighted by atomic mass is 16.1. The molecule has 1 amide bonds. The van der Waals surface area contributed by atoms with E-state index >= 15 is 0 Å². The van der Waals surface area contributed by atoms with Gasteiger partial charge in [0.2, 0.25) is 5.91 Å². The van der Waals surface area contributed by atoms with Gasteiger partial charge in [0, 0.05) is 28.1 Å². The molecule has 3 N–H and O–H groups in total. The van der Waals surface area contributed by atoms with Gasteiger partial charge >= 0.3 is 0 Å². The van der Waals surface area contributed by atoms with Gasteiger partial charge in [-0.25, -0.2) is 4.98 Å². The number of fused-ring (bicyclic) bond motifs is 1. The summed E-state index contributed by atoms with van der Waals surface area (Å²) in [5.74, 6) is 0.972. The molecule has 0 radical (unpaired) electrons. The minimum atomic E-state index is 0.120. The van der Waals surface area contributed by atoms with Gasteiger partial charge in [-0.1, -0.05) is 25.0 Å². The lowest BCUT2D eigenvalue weighted by Crippen LogP contribution is -2.20. The van der Waals surface area contributed by atoms with Gasteiger partial charge in [-0.3, -0.25) is 15.0 Å². The van der Waals surface area contributed by atoms with Crippen LogP contribution in [0.3, 0.4) is 0 Å². The van der Waals surface area contributed by atoms with Gasteiger partial charge in [-0.05, 0) is 43.2 Å². The average Bonchev–Trinajstić information content (AvgIpc) is 3.49. The zero-order chi connectivity index (χ0) is 18.9. The SMILES string of the molecule is O=C(Nc1cccc(-c2n[nH]c3ccc(-c4ncn[nH]4)cc23)c1)C1CCCC1. The molecule has 0 unspecified atom stereocenters. The normalized spacial score (nSPS) is 14.6. The van der Waals surface area contributed by atoms with Crippen molar-refractivity contribution in [1.29, 1.82) is 0 Å². The minimum absolute atomic E-state index is 0.120. The molecule has 0 atom stereocenters. The standard InChI is InChI=1S/C21H20N6O/c28-21(13-4-1-2-5-13)24-16-7-3-6-14(10-16)19-17-11-15(20-22-12-23-27-20)8-9-18(17)25-26-19/h3,6-13H,1-2,4-5H2,(H,24,28)(H,25,26)(H,22,23,27). The van der Waals surface area contributed by atoms with Gasteiger partial charge in [0.25, 0.3) is 0 Å². The van der Waals surface area contributed by atoms with Crippen LogP contribution < -0.4 is 5.32 Å². The number of anilines is 1. The van der Waals surface area contributed by atoms with E-state index in [1.54, 1.807) is 0 Å². The molecule has 1 fully saturated rings. The van der Waals surface area contributed by atoms with E-state index in [0.717, 1.165) is 59.1 Å². The van der Waals surface area contributed by atoms with Gasteiger partial charge in [0.05, 0.1) is 11.2 Å². The number of aromatic nitrogens is 5. The van der Waals surface area contributed by atoms with Crippen LogP contribution in [0.25, 0.3) is 33.5 Å². The zero-order valence-corrected chi connectivity index (χ0v) is 15.3. The first-order chi connectivity index (χ1) is 13.8. The van der Waals surface area contributed by atoms with E-state index in [1.807, 2.05) is 42.5 Å². The Morgan fingerprint density at radius 3 is 2.75 bits per heavy atom. The molecule has 0 spiro atoms. The van der Waals surface area contributed by atoms with Gasteiger partial charge < -0.3 is 5.32 Å². The third-order valence-corrected chi connectivity index (χ3v) is 5.38. The molecule has 140 valence electrons. The molecule has 1 aliphatic rings. The predicted molar refractivity (Wildman–Crippen MR) is 107 cm³/mol. The highest BCUT2D eigenvalue weighted by molar-refractivity contribution is 5.97. The third kappa shape index (κ3) is 3.05. The largest absolute Gasteiger partial charge is 0.326 e. The van der Waals surface area contributed by atoms with Crippen molar-refractivity contribution in [2.45, 2.75) is 25.7 Å². The molecule has 4 aromatic rings. The van der Waals surface area contributed by atoms with E-state index in [-0.39, 0.29) is 11.8 Å². The van der Waals surface area contributed by atoms with Crippen LogP contribution in [-0.2, 0) is 4.79 Å². The van der Waals surface area contributed by atoms with Crippen molar-refractivity contribution in [3.8, 4) is 22.6 Å². The molecule has 0 aliphatic heterocycles. The summed E-state index contributed by atoms with van der Waals surface area (Å²) in [6.07, 6.45) is 5.75. The minimum Gasteiger partial charge on any atom is -0.326 e. The zero-order valence-electron chi connectivity index (χ0n) is 15.3. The molecule has 2 aromatic heterocycles. The summed E-state index contributed by atoms with van der Waals surface area (Å²) in [7, 11) is 0. The van der Waals surface area contributed by atoms with Crippen LogP contribution in [0.4, 0.5) is 5.69 Å². The monoisotopic (exact) mass is 372 g/mol. The molecule has 5 rings (SSSR count). The smallest absolute Gasteiger partial charge is 0.227 e. The number of benzene rings is 2. The summed E-state index contributed by atoms with van der Waals surface area (Å²) in [6.45, 7) is 0. The molecule has 28 heavy (non-hydrogen) atoms. The number of aromatic amines is 2. The lowest BCUT2D eigenvalue weighted by Gasteiger charge is -2.11. The van der Waals surface area contributed by atoms with Crippen molar-refractivity contribution in [3.63, 3.8) is 0 Å². The van der Waals surface area contributed by atoms with Crippen LogP contribution in [0, 0.1) is 5.92 Å². The Morgan fingerprint density at radius 2 is 1.93 bits per heavy atom. The Bertz CT molecular complexity index is 1120. The number of rotatable bonds is 4. The molecule has 2 heterocycles. The second kappa shape index (κ2) is 6.92. The fourth-order valence-corrected chi connectivity index (χ4v) is 3.90. The van der Waals surface area contributed by atoms with Gasteiger partial charge in [-0.2, -0.15) is 10.2 Å². The first-order valence-electron chi connectivity index (χ1n) is 9.53. The lowest BCUT2D eigenvalue weighted by molar-refractivity contribution is -0.119. The highest BCUT2D eigenvalue weighted by Gasteiger charge is 2.22. The first kappa shape index (κ1) is 16.7. The third-order valence-electron chi connectivity index (χ3n) is 5.38. The second-order valence-electron chi connectivity index (χ2n) is 7.22. The first-order valence-corrected chi connectivity index (χ1v) is 9.53. The maximum atomic E-state index is 12.5. The molecule has 1 aliphatic carbocycles. The Hall–Kier alpha value is -3.48. The average molecular weight is 372 g/mol. The van der Waals surface area contributed by atoms with E-state index in [2.05, 4.69) is 30.7 Å². The van der Waals surface area contributed by atoms with Crippen molar-refractivity contribution in [3.05, 3.63) is 48.8 Å². The fraction of sp³-hybridized carbons (Fsp3) is 0.238. The van der Waals surface area contributed by atoms with E-state index in [4.69, 9.17) is 0 Å². The molecular formula is C21H20N6O. The van der Waals surface area contributed by atoms with E-state index in [0.29, 0.717) is 5.82 Å². The second-order valence-corrected chi connectivity index (χ2v) is 7.22. The maximum Gasteiger partial charge on any atom is 0.227 e. The van der Waals surface area contributed by atoms with Crippen molar-refractivity contribution in [2.75, 3.05) is 5.32 Å². The molecular weight excluding hydrogens is 352 g/mol. The number of carbonyl (C=O) groups excluding carboxylic acids is 1.